The molecule has 1 aromatic heterocycles. The number of nitrogens with one attached hydrogen (secondary N) is 1. The Bertz CT molecular complexity index is 743. The standard InChI is InChI=1S/C16H15N3O2/c20-15-9-14-13(18-15)5-7-19(14)16(21)11-3-4-12-10(8-11)2-1-6-17-12/h1-4,6,8,13-14H,5,7,9H2,(H,18,20). The van der Waals surface area contributed by atoms with E-state index in [0.717, 1.165) is 17.3 Å². The molecule has 2 aromatic rings. The molecule has 2 aliphatic heterocycles. The summed E-state index contributed by atoms with van der Waals surface area (Å²) in [7, 11) is 0. The minimum atomic E-state index is 0.00440. The Balaban J connectivity index is 1.65. The molecule has 5 heteroatoms. The van der Waals surface area contributed by atoms with Crippen molar-refractivity contribution >= 4 is 22.7 Å². The van der Waals surface area contributed by atoms with Crippen molar-refractivity contribution in [1.82, 2.24) is 15.2 Å². The molecule has 1 N–H and O–H groups in total. The monoisotopic (exact) mass is 281 g/mol. The van der Waals surface area contributed by atoms with Crippen LogP contribution in [0.5, 0.6) is 0 Å². The second kappa shape index (κ2) is 4.55. The smallest absolute Gasteiger partial charge is 0.254 e. The molecule has 5 nitrogen and oxygen atoms in total. The van der Waals surface area contributed by atoms with Gasteiger partial charge in [0.05, 0.1) is 17.6 Å². The molecular formula is C16H15N3O2. The molecular weight excluding hydrogens is 266 g/mol. The molecule has 0 spiro atoms. The quantitative estimate of drug-likeness (QED) is 0.858. The van der Waals surface area contributed by atoms with Crippen molar-refractivity contribution in [2.45, 2.75) is 24.9 Å². The van der Waals surface area contributed by atoms with Crippen molar-refractivity contribution < 1.29 is 9.59 Å². The summed E-state index contributed by atoms with van der Waals surface area (Å²) in [6, 6.07) is 9.51. The predicted octanol–water partition coefficient (Wildman–Crippen LogP) is 1.34. The van der Waals surface area contributed by atoms with E-state index in [9.17, 15) is 9.59 Å². The fourth-order valence-corrected chi connectivity index (χ4v) is 3.36. The van der Waals surface area contributed by atoms with Gasteiger partial charge in [0, 0.05) is 30.1 Å². The molecule has 4 rings (SSSR count). The minimum Gasteiger partial charge on any atom is -0.351 e. The average Bonchev–Trinajstić information content (AvgIpc) is 3.05. The molecule has 0 aliphatic carbocycles. The Morgan fingerprint density at radius 3 is 3.14 bits per heavy atom. The normalized spacial score (nSPS) is 24.2. The number of carbonyl (C=O) groups excluding carboxylic acids is 2. The van der Waals surface area contributed by atoms with Crippen LogP contribution < -0.4 is 5.32 Å². The summed E-state index contributed by atoms with van der Waals surface area (Å²) in [6.45, 7) is 0.708. The van der Waals surface area contributed by atoms with Gasteiger partial charge in [-0.3, -0.25) is 14.6 Å². The van der Waals surface area contributed by atoms with Crippen LogP contribution in [0.4, 0.5) is 0 Å². The van der Waals surface area contributed by atoms with Crippen LogP contribution in [-0.2, 0) is 4.79 Å². The van der Waals surface area contributed by atoms with Crippen LogP contribution in [0.3, 0.4) is 0 Å². The van der Waals surface area contributed by atoms with Crippen LogP contribution in [-0.4, -0.2) is 40.3 Å². The second-order valence-corrected chi connectivity index (χ2v) is 5.64. The van der Waals surface area contributed by atoms with E-state index in [4.69, 9.17) is 0 Å². The van der Waals surface area contributed by atoms with E-state index in [2.05, 4.69) is 10.3 Å². The summed E-state index contributed by atoms with van der Waals surface area (Å²) in [5, 5.41) is 3.90. The summed E-state index contributed by atoms with van der Waals surface area (Å²) in [5.74, 6) is 0.0509. The van der Waals surface area contributed by atoms with E-state index in [-0.39, 0.29) is 23.9 Å². The maximum absolute atomic E-state index is 12.7. The van der Waals surface area contributed by atoms with Gasteiger partial charge in [0.25, 0.3) is 5.91 Å². The van der Waals surface area contributed by atoms with E-state index in [1.807, 2.05) is 35.2 Å². The molecule has 106 valence electrons. The van der Waals surface area contributed by atoms with Crippen molar-refractivity contribution in [3.05, 3.63) is 42.1 Å². The molecule has 2 fully saturated rings. The van der Waals surface area contributed by atoms with Gasteiger partial charge in [-0.1, -0.05) is 6.07 Å². The first-order chi connectivity index (χ1) is 10.2. The van der Waals surface area contributed by atoms with Gasteiger partial charge in [0.15, 0.2) is 0 Å². The number of hydrogen-bond donors (Lipinski definition) is 1. The van der Waals surface area contributed by atoms with Gasteiger partial charge in [-0.15, -0.1) is 0 Å². The largest absolute Gasteiger partial charge is 0.351 e. The lowest BCUT2D eigenvalue weighted by atomic mass is 10.1. The van der Waals surface area contributed by atoms with Gasteiger partial charge in [-0.25, -0.2) is 0 Å². The van der Waals surface area contributed by atoms with Crippen LogP contribution in [0.25, 0.3) is 10.9 Å². The van der Waals surface area contributed by atoms with Gasteiger partial charge in [0.2, 0.25) is 5.91 Å². The Hall–Kier alpha value is -2.43. The topological polar surface area (TPSA) is 62.3 Å². The maximum Gasteiger partial charge on any atom is 0.254 e. The highest BCUT2D eigenvalue weighted by Crippen LogP contribution is 2.27. The second-order valence-electron chi connectivity index (χ2n) is 5.64. The van der Waals surface area contributed by atoms with Crippen LogP contribution in [0.15, 0.2) is 36.5 Å². The van der Waals surface area contributed by atoms with Gasteiger partial charge in [-0.2, -0.15) is 0 Å². The Morgan fingerprint density at radius 2 is 2.24 bits per heavy atom. The maximum atomic E-state index is 12.7. The lowest BCUT2D eigenvalue weighted by molar-refractivity contribution is -0.119. The molecule has 2 amide bonds. The molecule has 0 radical (unpaired) electrons. The van der Waals surface area contributed by atoms with Crippen LogP contribution in [0.2, 0.25) is 0 Å². The lowest BCUT2D eigenvalue weighted by Gasteiger charge is -2.22. The highest BCUT2D eigenvalue weighted by Gasteiger charge is 2.43. The highest BCUT2D eigenvalue weighted by molar-refractivity contribution is 5.98. The summed E-state index contributed by atoms with van der Waals surface area (Å²) >= 11 is 0. The summed E-state index contributed by atoms with van der Waals surface area (Å²) < 4.78 is 0. The zero-order valence-corrected chi connectivity index (χ0v) is 11.5. The number of likely N-dealkylation sites (tertiary alicyclic amines) is 1. The predicted molar refractivity (Wildman–Crippen MR) is 77.7 cm³/mol. The van der Waals surface area contributed by atoms with Gasteiger partial charge in [0.1, 0.15) is 0 Å². The minimum absolute atomic E-state index is 0.00440. The number of hydrogen-bond acceptors (Lipinski definition) is 3. The first-order valence-electron chi connectivity index (χ1n) is 7.17. The molecule has 2 unspecified atom stereocenters. The van der Waals surface area contributed by atoms with Crippen molar-refractivity contribution in [2.75, 3.05) is 6.54 Å². The molecule has 0 saturated carbocycles. The first kappa shape index (κ1) is 12.3. The van der Waals surface area contributed by atoms with E-state index in [0.29, 0.717) is 18.5 Å². The highest BCUT2D eigenvalue weighted by atomic mass is 16.2. The third-order valence-corrected chi connectivity index (χ3v) is 4.40. The average molecular weight is 281 g/mol. The Labute approximate surface area is 122 Å². The zero-order chi connectivity index (χ0) is 14.4. The molecule has 2 saturated heterocycles. The van der Waals surface area contributed by atoms with Gasteiger partial charge >= 0.3 is 0 Å². The zero-order valence-electron chi connectivity index (χ0n) is 11.5. The summed E-state index contributed by atoms with van der Waals surface area (Å²) in [6.07, 6.45) is 3.01. The number of fused-ring (bicyclic) bond motifs is 2. The Morgan fingerprint density at radius 1 is 1.33 bits per heavy atom. The molecule has 3 heterocycles. The fourth-order valence-electron chi connectivity index (χ4n) is 3.36. The van der Waals surface area contributed by atoms with E-state index in [1.54, 1.807) is 6.20 Å². The number of nitrogens with zero attached hydrogens (tertiary/aromatic N) is 2. The SMILES string of the molecule is O=C1CC2C(CCN2C(=O)c2ccc3ncccc3c2)N1. The third-order valence-electron chi connectivity index (χ3n) is 4.40. The van der Waals surface area contributed by atoms with Crippen molar-refractivity contribution in [3.63, 3.8) is 0 Å². The number of pyridine rings is 1. The lowest BCUT2D eigenvalue weighted by Crippen LogP contribution is -2.38. The number of benzene rings is 1. The number of aromatic nitrogens is 1. The summed E-state index contributed by atoms with van der Waals surface area (Å²) in [4.78, 5) is 30.3. The molecule has 21 heavy (non-hydrogen) atoms. The number of carbonyl (C=O) groups is 2. The molecule has 2 atom stereocenters. The molecule has 0 bridgehead atoms. The number of rotatable bonds is 1. The van der Waals surface area contributed by atoms with E-state index < -0.39 is 0 Å². The van der Waals surface area contributed by atoms with Crippen LogP contribution in [0, 0.1) is 0 Å². The van der Waals surface area contributed by atoms with Gasteiger partial charge < -0.3 is 10.2 Å². The fraction of sp³-hybridized carbons (Fsp3) is 0.312. The first-order valence-corrected chi connectivity index (χ1v) is 7.17. The van der Waals surface area contributed by atoms with Crippen molar-refractivity contribution in [2.24, 2.45) is 0 Å². The van der Waals surface area contributed by atoms with Crippen LogP contribution in [0.1, 0.15) is 23.2 Å². The summed E-state index contributed by atoms with van der Waals surface area (Å²) in [5.41, 5.74) is 1.54. The van der Waals surface area contributed by atoms with E-state index >= 15 is 0 Å². The molecule has 2 aliphatic rings. The third kappa shape index (κ3) is 1.96. The van der Waals surface area contributed by atoms with Crippen molar-refractivity contribution in [3.8, 4) is 0 Å². The number of amides is 2. The van der Waals surface area contributed by atoms with Crippen LogP contribution >= 0.6 is 0 Å². The van der Waals surface area contributed by atoms with Crippen molar-refractivity contribution in [1.29, 1.82) is 0 Å². The Kier molecular flexibility index (Phi) is 2.67. The van der Waals surface area contributed by atoms with E-state index in [1.165, 1.54) is 0 Å². The molecule has 1 aromatic carbocycles. The van der Waals surface area contributed by atoms with Gasteiger partial charge in [-0.05, 0) is 30.7 Å².